The molecular weight excluding hydrogens is 454 g/mol. The number of hydrogen-bond donors (Lipinski definition) is 2. The van der Waals surface area contributed by atoms with E-state index in [4.69, 9.17) is 0 Å². The van der Waals surface area contributed by atoms with Crippen LogP contribution in [-0.4, -0.2) is 46.4 Å². The van der Waals surface area contributed by atoms with Crippen molar-refractivity contribution in [2.24, 2.45) is 11.3 Å². The fraction of sp³-hybridized carbons (Fsp3) is 0.500. The molecule has 4 amide bonds. The zero-order valence-corrected chi connectivity index (χ0v) is 21.3. The highest BCUT2D eigenvalue weighted by molar-refractivity contribution is 6.09. The third kappa shape index (κ3) is 4.81. The Bertz CT molecular complexity index is 1180. The first kappa shape index (κ1) is 24.3. The van der Waals surface area contributed by atoms with Crippen molar-refractivity contribution in [1.82, 2.24) is 20.5 Å². The molecular formula is C28H35N5O3. The maximum atomic E-state index is 13.2. The second kappa shape index (κ2) is 9.22. The predicted octanol–water partition coefficient (Wildman–Crippen LogP) is 3.40. The molecule has 1 spiro atoms. The SMILES string of the molecule is CC1CC(C)(C)CC2(C1)NC(=O)N(CC(=O)NCc1ccc(N3CCc4ccccc4C3)nc1)C2=O. The summed E-state index contributed by atoms with van der Waals surface area (Å²) in [4.78, 5) is 46.5. The van der Waals surface area contributed by atoms with Gasteiger partial charge in [-0.1, -0.05) is 51.1 Å². The number of benzene rings is 1. The number of pyridine rings is 1. The molecule has 1 aromatic carbocycles. The Balaban J connectivity index is 1.15. The number of carbonyl (C=O) groups is 3. The lowest BCUT2D eigenvalue weighted by Gasteiger charge is -2.43. The lowest BCUT2D eigenvalue weighted by molar-refractivity contribution is -0.137. The number of fused-ring (bicyclic) bond motifs is 1. The van der Waals surface area contributed by atoms with Crippen LogP contribution in [0.2, 0.25) is 0 Å². The average molecular weight is 490 g/mol. The molecule has 5 rings (SSSR count). The average Bonchev–Trinajstić information content (AvgIpc) is 3.04. The number of nitrogens with zero attached hydrogens (tertiary/aromatic N) is 3. The lowest BCUT2D eigenvalue weighted by Crippen LogP contribution is -2.54. The van der Waals surface area contributed by atoms with Crippen LogP contribution in [0.25, 0.3) is 0 Å². The van der Waals surface area contributed by atoms with Crippen LogP contribution in [0.4, 0.5) is 10.6 Å². The van der Waals surface area contributed by atoms with Crippen LogP contribution in [0.15, 0.2) is 42.6 Å². The molecule has 1 aliphatic carbocycles. The fourth-order valence-electron chi connectivity index (χ4n) is 6.45. The van der Waals surface area contributed by atoms with Gasteiger partial charge in [-0.15, -0.1) is 0 Å². The van der Waals surface area contributed by atoms with Crippen molar-refractivity contribution in [3.63, 3.8) is 0 Å². The number of aromatic nitrogens is 1. The van der Waals surface area contributed by atoms with Gasteiger partial charge >= 0.3 is 6.03 Å². The normalized spacial score (nSPS) is 25.0. The Morgan fingerprint density at radius 3 is 2.64 bits per heavy atom. The third-order valence-corrected chi connectivity index (χ3v) is 7.68. The van der Waals surface area contributed by atoms with E-state index in [-0.39, 0.29) is 30.3 Å². The summed E-state index contributed by atoms with van der Waals surface area (Å²) < 4.78 is 0. The molecule has 2 aliphatic heterocycles. The summed E-state index contributed by atoms with van der Waals surface area (Å²) >= 11 is 0. The maximum absolute atomic E-state index is 13.2. The van der Waals surface area contributed by atoms with Gasteiger partial charge in [0.05, 0.1) is 0 Å². The first-order valence-electron chi connectivity index (χ1n) is 12.8. The molecule has 3 aliphatic rings. The molecule has 1 saturated heterocycles. The predicted molar refractivity (Wildman–Crippen MR) is 137 cm³/mol. The number of nitrogens with one attached hydrogen (secondary N) is 2. The summed E-state index contributed by atoms with van der Waals surface area (Å²) in [7, 11) is 0. The van der Waals surface area contributed by atoms with Crippen molar-refractivity contribution in [3.05, 3.63) is 59.3 Å². The standard InChI is InChI=1S/C28H35N5O3/c1-19-12-27(2,3)18-28(13-19)25(35)33(26(36)31-28)17-24(34)30-15-20-8-9-23(29-14-20)32-11-10-21-6-4-5-7-22(21)16-32/h4-9,14,19H,10-13,15-18H2,1-3H3,(H,30,34)(H,31,36). The van der Waals surface area contributed by atoms with Crippen LogP contribution in [0, 0.1) is 11.3 Å². The quantitative estimate of drug-likeness (QED) is 0.628. The van der Waals surface area contributed by atoms with Gasteiger partial charge in [-0.2, -0.15) is 0 Å². The first-order valence-corrected chi connectivity index (χ1v) is 12.8. The Kier molecular flexibility index (Phi) is 6.22. The minimum Gasteiger partial charge on any atom is -0.352 e. The van der Waals surface area contributed by atoms with Gasteiger partial charge in [0.15, 0.2) is 0 Å². The lowest BCUT2D eigenvalue weighted by atomic mass is 9.64. The summed E-state index contributed by atoms with van der Waals surface area (Å²) in [6.45, 7) is 8.13. The van der Waals surface area contributed by atoms with Gasteiger partial charge in [0.1, 0.15) is 17.9 Å². The minimum absolute atomic E-state index is 0.0460. The molecule has 2 unspecified atom stereocenters. The van der Waals surface area contributed by atoms with E-state index in [0.29, 0.717) is 18.8 Å². The molecule has 1 aromatic heterocycles. The summed E-state index contributed by atoms with van der Waals surface area (Å²) in [6.07, 6.45) is 4.98. The van der Waals surface area contributed by atoms with E-state index in [1.165, 1.54) is 11.1 Å². The second-order valence-corrected chi connectivity index (χ2v) is 11.5. The Hall–Kier alpha value is -3.42. The van der Waals surface area contributed by atoms with Gasteiger partial charge < -0.3 is 15.5 Å². The summed E-state index contributed by atoms with van der Waals surface area (Å²) in [6, 6.07) is 11.9. The van der Waals surface area contributed by atoms with Gasteiger partial charge in [0, 0.05) is 25.8 Å². The van der Waals surface area contributed by atoms with Crippen molar-refractivity contribution in [3.8, 4) is 0 Å². The van der Waals surface area contributed by atoms with Crippen molar-refractivity contribution in [2.75, 3.05) is 18.0 Å². The van der Waals surface area contributed by atoms with Crippen LogP contribution in [0.1, 0.15) is 56.7 Å². The molecule has 8 nitrogen and oxygen atoms in total. The van der Waals surface area contributed by atoms with Crippen LogP contribution in [0.5, 0.6) is 0 Å². The summed E-state index contributed by atoms with van der Waals surface area (Å²) in [5.41, 5.74) is 2.64. The maximum Gasteiger partial charge on any atom is 0.325 e. The Morgan fingerprint density at radius 1 is 1.14 bits per heavy atom. The number of amides is 4. The minimum atomic E-state index is -0.896. The highest BCUT2D eigenvalue weighted by atomic mass is 16.2. The largest absolute Gasteiger partial charge is 0.352 e. The van der Waals surface area contributed by atoms with E-state index >= 15 is 0 Å². The molecule has 8 heteroatoms. The van der Waals surface area contributed by atoms with Gasteiger partial charge in [-0.05, 0) is 59.8 Å². The van der Waals surface area contributed by atoms with E-state index in [1.807, 2.05) is 12.1 Å². The van der Waals surface area contributed by atoms with Gasteiger partial charge in [-0.3, -0.25) is 14.5 Å². The van der Waals surface area contributed by atoms with Gasteiger partial charge in [0.25, 0.3) is 5.91 Å². The number of rotatable bonds is 5. The van der Waals surface area contributed by atoms with Crippen molar-refractivity contribution in [1.29, 1.82) is 0 Å². The van der Waals surface area contributed by atoms with Crippen LogP contribution in [-0.2, 0) is 29.1 Å². The monoisotopic (exact) mass is 489 g/mol. The van der Waals surface area contributed by atoms with Crippen LogP contribution < -0.4 is 15.5 Å². The fourth-order valence-corrected chi connectivity index (χ4v) is 6.45. The van der Waals surface area contributed by atoms with Crippen LogP contribution >= 0.6 is 0 Å². The van der Waals surface area contributed by atoms with E-state index in [1.54, 1.807) is 6.20 Å². The third-order valence-electron chi connectivity index (χ3n) is 7.68. The molecule has 190 valence electrons. The van der Waals surface area contributed by atoms with E-state index < -0.39 is 11.6 Å². The van der Waals surface area contributed by atoms with Crippen molar-refractivity contribution >= 4 is 23.7 Å². The number of hydrogen-bond acceptors (Lipinski definition) is 5. The molecule has 0 bridgehead atoms. The number of anilines is 1. The van der Waals surface area contributed by atoms with Gasteiger partial charge in [-0.25, -0.2) is 9.78 Å². The van der Waals surface area contributed by atoms with Gasteiger partial charge in [0.2, 0.25) is 5.91 Å². The Labute approximate surface area is 212 Å². The number of imide groups is 1. The second-order valence-electron chi connectivity index (χ2n) is 11.5. The molecule has 3 heterocycles. The molecule has 1 saturated carbocycles. The van der Waals surface area contributed by atoms with Crippen molar-refractivity contribution < 1.29 is 14.4 Å². The highest BCUT2D eigenvalue weighted by Crippen LogP contribution is 2.46. The molecule has 2 aromatic rings. The molecule has 0 radical (unpaired) electrons. The van der Waals surface area contributed by atoms with Crippen LogP contribution in [0.3, 0.4) is 0 Å². The highest BCUT2D eigenvalue weighted by Gasteiger charge is 2.56. The number of urea groups is 1. The van der Waals surface area contributed by atoms with E-state index in [0.717, 1.165) is 42.2 Å². The first-order chi connectivity index (χ1) is 17.1. The molecule has 2 N–H and O–H groups in total. The van der Waals surface area contributed by atoms with E-state index in [2.05, 4.69) is 65.6 Å². The Morgan fingerprint density at radius 2 is 1.92 bits per heavy atom. The molecule has 36 heavy (non-hydrogen) atoms. The summed E-state index contributed by atoms with van der Waals surface area (Å²) in [5.74, 6) is 0.586. The smallest absolute Gasteiger partial charge is 0.325 e. The molecule has 2 fully saturated rings. The zero-order valence-electron chi connectivity index (χ0n) is 21.3. The topological polar surface area (TPSA) is 94.6 Å². The molecule has 2 atom stereocenters. The zero-order chi connectivity index (χ0) is 25.5. The van der Waals surface area contributed by atoms with E-state index in [9.17, 15) is 14.4 Å². The summed E-state index contributed by atoms with van der Waals surface area (Å²) in [5, 5.41) is 5.75. The van der Waals surface area contributed by atoms with Crippen molar-refractivity contribution in [2.45, 2.75) is 65.1 Å². The number of carbonyl (C=O) groups excluding carboxylic acids is 3.